The van der Waals surface area contributed by atoms with Crippen molar-refractivity contribution in [3.8, 4) is 0 Å². The smallest absolute Gasteiger partial charge is 0.0239 e. The van der Waals surface area contributed by atoms with Crippen LogP contribution in [0.5, 0.6) is 0 Å². The fourth-order valence-electron chi connectivity index (χ4n) is 2.23. The SMILES string of the molecule is CC(C)N1CC2C[C@@H]1CN2. The largest absolute Gasteiger partial charge is 0.311 e. The molecule has 0 aromatic carbocycles. The maximum Gasteiger partial charge on any atom is 0.0239 e. The highest BCUT2D eigenvalue weighted by Gasteiger charge is 2.38. The second kappa shape index (κ2) is 2.21. The summed E-state index contributed by atoms with van der Waals surface area (Å²) in [6.07, 6.45) is 1.39. The minimum atomic E-state index is 0.747. The topological polar surface area (TPSA) is 15.3 Å². The summed E-state index contributed by atoms with van der Waals surface area (Å²) in [7, 11) is 0. The van der Waals surface area contributed by atoms with Crippen molar-refractivity contribution in [3.05, 3.63) is 0 Å². The lowest BCUT2D eigenvalue weighted by molar-refractivity contribution is 0.181. The molecule has 2 nitrogen and oxygen atoms in total. The van der Waals surface area contributed by atoms with Crippen LogP contribution in [0, 0.1) is 0 Å². The summed E-state index contributed by atoms with van der Waals surface area (Å²) in [5, 5.41) is 3.50. The minimum absolute atomic E-state index is 0.747. The van der Waals surface area contributed by atoms with Gasteiger partial charge in [-0.2, -0.15) is 0 Å². The van der Waals surface area contributed by atoms with E-state index in [1.807, 2.05) is 0 Å². The molecule has 1 N–H and O–H groups in total. The number of nitrogens with one attached hydrogen (secondary N) is 1. The molecular weight excluding hydrogens is 124 g/mol. The highest BCUT2D eigenvalue weighted by Crippen LogP contribution is 2.24. The van der Waals surface area contributed by atoms with E-state index in [0.717, 1.165) is 18.1 Å². The van der Waals surface area contributed by atoms with E-state index in [0.29, 0.717) is 0 Å². The lowest BCUT2D eigenvalue weighted by Crippen LogP contribution is -2.46. The zero-order chi connectivity index (χ0) is 7.14. The highest BCUT2D eigenvalue weighted by atomic mass is 15.3. The van der Waals surface area contributed by atoms with Crippen molar-refractivity contribution in [2.45, 2.75) is 38.4 Å². The molecule has 0 aliphatic carbocycles. The first-order valence-electron chi connectivity index (χ1n) is 4.26. The molecule has 0 saturated carbocycles. The summed E-state index contributed by atoms with van der Waals surface area (Å²) in [4.78, 5) is 2.61. The molecule has 2 saturated heterocycles. The van der Waals surface area contributed by atoms with Crippen molar-refractivity contribution >= 4 is 0 Å². The summed E-state index contributed by atoms with van der Waals surface area (Å²) >= 11 is 0. The Bertz CT molecular complexity index is 133. The average molecular weight is 140 g/mol. The number of piperazine rings is 1. The number of likely N-dealkylation sites (tertiary alicyclic amines) is 1. The van der Waals surface area contributed by atoms with Crippen LogP contribution in [0.15, 0.2) is 0 Å². The van der Waals surface area contributed by atoms with Crippen molar-refractivity contribution in [2.24, 2.45) is 0 Å². The first-order valence-corrected chi connectivity index (χ1v) is 4.26. The van der Waals surface area contributed by atoms with Crippen LogP contribution in [0.2, 0.25) is 0 Å². The van der Waals surface area contributed by atoms with Crippen molar-refractivity contribution in [1.82, 2.24) is 10.2 Å². The molecule has 10 heavy (non-hydrogen) atoms. The van der Waals surface area contributed by atoms with E-state index in [2.05, 4.69) is 24.1 Å². The van der Waals surface area contributed by atoms with E-state index in [1.54, 1.807) is 0 Å². The van der Waals surface area contributed by atoms with Crippen molar-refractivity contribution in [3.63, 3.8) is 0 Å². The van der Waals surface area contributed by atoms with Crippen molar-refractivity contribution in [1.29, 1.82) is 0 Å². The molecule has 2 rings (SSSR count). The average Bonchev–Trinajstić information content (AvgIpc) is 2.44. The van der Waals surface area contributed by atoms with Gasteiger partial charge in [-0.1, -0.05) is 0 Å². The second-order valence-electron chi connectivity index (χ2n) is 3.79. The van der Waals surface area contributed by atoms with E-state index < -0.39 is 0 Å². The van der Waals surface area contributed by atoms with Crippen molar-refractivity contribution < 1.29 is 0 Å². The predicted molar refractivity (Wildman–Crippen MR) is 42.0 cm³/mol. The van der Waals surface area contributed by atoms with Gasteiger partial charge in [0.1, 0.15) is 0 Å². The number of hydrogen-bond donors (Lipinski definition) is 1. The second-order valence-corrected chi connectivity index (χ2v) is 3.79. The molecule has 0 spiro atoms. The molecule has 2 fully saturated rings. The van der Waals surface area contributed by atoms with E-state index in [9.17, 15) is 0 Å². The Balaban J connectivity index is 2.02. The van der Waals surface area contributed by atoms with Crippen LogP contribution in [-0.2, 0) is 0 Å². The Morgan fingerprint density at radius 1 is 1.50 bits per heavy atom. The Morgan fingerprint density at radius 2 is 2.30 bits per heavy atom. The monoisotopic (exact) mass is 140 g/mol. The molecule has 2 bridgehead atoms. The van der Waals surface area contributed by atoms with Gasteiger partial charge in [0.15, 0.2) is 0 Å². The van der Waals surface area contributed by atoms with Crippen LogP contribution in [0.25, 0.3) is 0 Å². The highest BCUT2D eigenvalue weighted by molar-refractivity contribution is 4.98. The van der Waals surface area contributed by atoms with E-state index in [4.69, 9.17) is 0 Å². The van der Waals surface area contributed by atoms with Gasteiger partial charge in [0.25, 0.3) is 0 Å². The van der Waals surface area contributed by atoms with E-state index in [-0.39, 0.29) is 0 Å². The molecular formula is C8H16N2. The summed E-state index contributed by atoms with van der Waals surface area (Å²) in [6.45, 7) is 7.09. The van der Waals surface area contributed by atoms with Gasteiger partial charge in [0.2, 0.25) is 0 Å². The van der Waals surface area contributed by atoms with Crippen molar-refractivity contribution in [2.75, 3.05) is 13.1 Å². The molecule has 0 radical (unpaired) electrons. The first kappa shape index (κ1) is 6.62. The molecule has 2 heterocycles. The molecule has 1 unspecified atom stereocenters. The lowest BCUT2D eigenvalue weighted by Gasteiger charge is -2.30. The standard InChI is InChI=1S/C8H16N2/c1-6(2)10-5-7-3-8(10)4-9-7/h6-9H,3-5H2,1-2H3/t7?,8-/m1/s1. The molecule has 0 amide bonds. The third-order valence-electron chi connectivity index (χ3n) is 2.76. The lowest BCUT2D eigenvalue weighted by atomic mass is 10.2. The van der Waals surface area contributed by atoms with Gasteiger partial charge in [0, 0.05) is 31.2 Å². The van der Waals surface area contributed by atoms with Gasteiger partial charge in [-0.05, 0) is 20.3 Å². The third kappa shape index (κ3) is 0.867. The normalized spacial score (nSPS) is 39.9. The first-order chi connectivity index (χ1) is 4.77. The molecule has 2 heteroatoms. The molecule has 0 aromatic rings. The van der Waals surface area contributed by atoms with Crippen LogP contribution in [0.4, 0.5) is 0 Å². The van der Waals surface area contributed by atoms with Crippen LogP contribution in [0.3, 0.4) is 0 Å². The van der Waals surface area contributed by atoms with E-state index in [1.165, 1.54) is 19.5 Å². The minimum Gasteiger partial charge on any atom is -0.311 e. The number of nitrogens with zero attached hydrogens (tertiary/aromatic N) is 1. The van der Waals surface area contributed by atoms with Crippen LogP contribution in [-0.4, -0.2) is 36.1 Å². The van der Waals surface area contributed by atoms with Gasteiger partial charge in [-0.15, -0.1) is 0 Å². The molecule has 2 atom stereocenters. The van der Waals surface area contributed by atoms with Gasteiger partial charge in [0.05, 0.1) is 0 Å². The van der Waals surface area contributed by atoms with Gasteiger partial charge < -0.3 is 5.32 Å². The summed E-state index contributed by atoms with van der Waals surface area (Å²) < 4.78 is 0. The van der Waals surface area contributed by atoms with Gasteiger partial charge in [-0.3, -0.25) is 4.90 Å². The zero-order valence-corrected chi connectivity index (χ0v) is 6.80. The number of hydrogen-bond acceptors (Lipinski definition) is 2. The van der Waals surface area contributed by atoms with Crippen LogP contribution in [0.1, 0.15) is 20.3 Å². The molecule has 58 valence electrons. The number of fused-ring (bicyclic) bond motifs is 2. The summed E-state index contributed by atoms with van der Waals surface area (Å²) in [6, 6.07) is 2.41. The van der Waals surface area contributed by atoms with Crippen LogP contribution < -0.4 is 5.32 Å². The molecule has 2 aliphatic heterocycles. The maximum absolute atomic E-state index is 3.50. The van der Waals surface area contributed by atoms with Gasteiger partial charge >= 0.3 is 0 Å². The Labute approximate surface area is 62.6 Å². The maximum atomic E-state index is 3.50. The molecule has 2 aliphatic rings. The Kier molecular flexibility index (Phi) is 1.46. The molecule has 0 aromatic heterocycles. The quantitative estimate of drug-likeness (QED) is 0.568. The predicted octanol–water partition coefficient (Wildman–Crippen LogP) is 0.441. The Morgan fingerprint density at radius 3 is 2.60 bits per heavy atom. The summed E-state index contributed by atoms with van der Waals surface area (Å²) in [5.41, 5.74) is 0. The van der Waals surface area contributed by atoms with E-state index >= 15 is 0 Å². The number of rotatable bonds is 1. The Hall–Kier alpha value is -0.0800. The fourth-order valence-corrected chi connectivity index (χ4v) is 2.23. The summed E-state index contributed by atoms with van der Waals surface area (Å²) in [5.74, 6) is 0. The fraction of sp³-hybridized carbons (Fsp3) is 1.00. The third-order valence-corrected chi connectivity index (χ3v) is 2.76. The van der Waals surface area contributed by atoms with Gasteiger partial charge in [-0.25, -0.2) is 0 Å². The van der Waals surface area contributed by atoms with Crippen LogP contribution >= 0.6 is 0 Å². The zero-order valence-electron chi connectivity index (χ0n) is 6.80.